The third-order valence-corrected chi connectivity index (χ3v) is 6.14. The summed E-state index contributed by atoms with van der Waals surface area (Å²) in [6.45, 7) is 4.29. The van der Waals surface area contributed by atoms with Crippen LogP contribution in [0.5, 0.6) is 0 Å². The molecule has 0 aliphatic carbocycles. The second-order valence-corrected chi connectivity index (χ2v) is 8.89. The third-order valence-electron chi connectivity index (χ3n) is 6.14. The Morgan fingerprint density at radius 2 is 1.55 bits per heavy atom. The van der Waals surface area contributed by atoms with Crippen molar-refractivity contribution < 1.29 is 23.9 Å². The van der Waals surface area contributed by atoms with Crippen molar-refractivity contribution in [1.82, 2.24) is 5.32 Å². The van der Waals surface area contributed by atoms with Gasteiger partial charge in [0.15, 0.2) is 0 Å². The fraction of sp³-hybridized carbons (Fsp3) is 0.880. The lowest BCUT2D eigenvalue weighted by atomic mass is 9.86. The lowest BCUT2D eigenvalue weighted by molar-refractivity contribution is -0.190. The number of cyclic esters (lactones) is 1. The highest BCUT2D eigenvalue weighted by molar-refractivity contribution is 5.78. The van der Waals surface area contributed by atoms with Gasteiger partial charge in [0.2, 0.25) is 6.41 Å². The summed E-state index contributed by atoms with van der Waals surface area (Å²) in [7, 11) is 0. The molecule has 0 aromatic rings. The summed E-state index contributed by atoms with van der Waals surface area (Å²) in [4.78, 5) is 34.4. The van der Waals surface area contributed by atoms with Crippen LogP contribution in [0.3, 0.4) is 0 Å². The lowest BCUT2D eigenvalue weighted by Crippen LogP contribution is -2.47. The molecule has 0 radical (unpaired) electrons. The SMILES string of the molecule is CCCCCCCCCC[C@@H]1C(=O)O[C@H]1C[C@H](CCCCCCC)OC(=O)CNC=O. The van der Waals surface area contributed by atoms with E-state index in [0.717, 1.165) is 38.5 Å². The van der Waals surface area contributed by atoms with Crippen LogP contribution in [0.25, 0.3) is 0 Å². The maximum atomic E-state index is 12.0. The van der Waals surface area contributed by atoms with Crippen LogP contribution in [0.4, 0.5) is 0 Å². The molecule has 1 saturated heterocycles. The molecule has 0 aromatic carbocycles. The number of unbranched alkanes of at least 4 members (excludes halogenated alkanes) is 11. The fourth-order valence-corrected chi connectivity index (χ4v) is 4.22. The molecule has 0 unspecified atom stereocenters. The Bertz CT molecular complexity index is 496. The Kier molecular flexibility index (Phi) is 16.0. The van der Waals surface area contributed by atoms with E-state index in [4.69, 9.17) is 9.47 Å². The summed E-state index contributed by atoms with van der Waals surface area (Å²) >= 11 is 0. The Labute approximate surface area is 189 Å². The molecule has 1 N–H and O–H groups in total. The molecule has 0 spiro atoms. The minimum atomic E-state index is -0.434. The van der Waals surface area contributed by atoms with Gasteiger partial charge in [0.1, 0.15) is 18.8 Å². The largest absolute Gasteiger partial charge is 0.461 e. The smallest absolute Gasteiger partial charge is 0.325 e. The molecule has 1 fully saturated rings. The monoisotopic (exact) mass is 439 g/mol. The molecular formula is C25H45NO5. The van der Waals surface area contributed by atoms with Gasteiger partial charge in [-0.2, -0.15) is 0 Å². The van der Waals surface area contributed by atoms with Gasteiger partial charge in [-0.25, -0.2) is 0 Å². The number of rotatable bonds is 21. The number of hydrogen-bond donors (Lipinski definition) is 1. The van der Waals surface area contributed by atoms with E-state index in [0.29, 0.717) is 12.8 Å². The number of hydrogen-bond acceptors (Lipinski definition) is 5. The molecule has 0 bridgehead atoms. The second kappa shape index (κ2) is 18.0. The van der Waals surface area contributed by atoms with Crippen molar-refractivity contribution >= 4 is 18.3 Å². The third kappa shape index (κ3) is 12.8. The van der Waals surface area contributed by atoms with Crippen molar-refractivity contribution in [2.45, 2.75) is 129 Å². The molecule has 1 amide bonds. The predicted molar refractivity (Wildman–Crippen MR) is 123 cm³/mol. The first kappa shape index (κ1) is 27.4. The standard InChI is InChI=1S/C25H45NO5/c1-3-5-7-9-10-11-13-15-17-22-23(31-25(22)29)18-21(16-14-12-8-6-4-2)30-24(28)19-26-20-27/h20-23H,3-19H2,1-2H3,(H,26,27)/t21-,22-,23-/m0/s1. The van der Waals surface area contributed by atoms with Crippen LogP contribution < -0.4 is 5.32 Å². The average Bonchev–Trinajstić information content (AvgIpc) is 2.75. The van der Waals surface area contributed by atoms with Crippen molar-refractivity contribution in [2.75, 3.05) is 6.54 Å². The molecular weight excluding hydrogens is 394 g/mol. The van der Waals surface area contributed by atoms with Gasteiger partial charge in [0.25, 0.3) is 0 Å². The van der Waals surface area contributed by atoms with Gasteiger partial charge in [0, 0.05) is 6.42 Å². The Morgan fingerprint density at radius 1 is 0.968 bits per heavy atom. The molecule has 6 nitrogen and oxygen atoms in total. The molecule has 1 aliphatic heterocycles. The first-order valence-corrected chi connectivity index (χ1v) is 12.7. The fourth-order valence-electron chi connectivity index (χ4n) is 4.22. The van der Waals surface area contributed by atoms with Gasteiger partial charge < -0.3 is 14.8 Å². The van der Waals surface area contributed by atoms with Crippen molar-refractivity contribution in [2.24, 2.45) is 5.92 Å². The van der Waals surface area contributed by atoms with E-state index in [1.807, 2.05) is 0 Å². The molecule has 1 rings (SSSR count). The Hall–Kier alpha value is -1.59. The van der Waals surface area contributed by atoms with E-state index in [1.165, 1.54) is 57.8 Å². The minimum absolute atomic E-state index is 0.0607. The van der Waals surface area contributed by atoms with Crippen LogP contribution in [0.15, 0.2) is 0 Å². The first-order valence-electron chi connectivity index (χ1n) is 12.7. The summed E-state index contributed by atoms with van der Waals surface area (Å²) in [5.74, 6) is -0.603. The van der Waals surface area contributed by atoms with E-state index < -0.39 is 5.97 Å². The highest BCUT2D eigenvalue weighted by atomic mass is 16.6. The lowest BCUT2D eigenvalue weighted by Gasteiger charge is -2.37. The summed E-state index contributed by atoms with van der Waals surface area (Å²) < 4.78 is 11.0. The average molecular weight is 440 g/mol. The first-order chi connectivity index (χ1) is 15.1. The number of carbonyl (C=O) groups excluding carboxylic acids is 3. The quantitative estimate of drug-likeness (QED) is 0.146. The molecule has 0 saturated carbocycles. The summed E-state index contributed by atoms with van der Waals surface area (Å²) in [6.07, 6.45) is 17.9. The van der Waals surface area contributed by atoms with Crippen molar-refractivity contribution in [3.63, 3.8) is 0 Å². The molecule has 1 aliphatic rings. The van der Waals surface area contributed by atoms with Gasteiger partial charge in [0.05, 0.1) is 5.92 Å². The molecule has 0 aromatic heterocycles. The molecule has 3 atom stereocenters. The van der Waals surface area contributed by atoms with Gasteiger partial charge in [-0.1, -0.05) is 90.9 Å². The van der Waals surface area contributed by atoms with Crippen LogP contribution in [-0.4, -0.2) is 37.1 Å². The van der Waals surface area contributed by atoms with Crippen molar-refractivity contribution in [1.29, 1.82) is 0 Å². The molecule has 1 heterocycles. The summed E-state index contributed by atoms with van der Waals surface area (Å²) in [5.41, 5.74) is 0. The van der Waals surface area contributed by atoms with Gasteiger partial charge in [-0.15, -0.1) is 0 Å². The Balaban J connectivity index is 2.36. The van der Waals surface area contributed by atoms with Crippen LogP contribution in [0, 0.1) is 5.92 Å². The molecule has 31 heavy (non-hydrogen) atoms. The highest BCUT2D eigenvalue weighted by Crippen LogP contribution is 2.32. The zero-order chi connectivity index (χ0) is 22.7. The van der Waals surface area contributed by atoms with Crippen LogP contribution in [-0.2, 0) is 23.9 Å². The van der Waals surface area contributed by atoms with Gasteiger partial charge in [-0.05, 0) is 19.3 Å². The predicted octanol–water partition coefficient (Wildman–Crippen LogP) is 5.47. The minimum Gasteiger partial charge on any atom is -0.461 e. The second-order valence-electron chi connectivity index (χ2n) is 8.89. The number of ether oxygens (including phenoxy) is 2. The molecule has 180 valence electrons. The summed E-state index contributed by atoms with van der Waals surface area (Å²) in [5, 5.41) is 2.35. The number of carbonyl (C=O) groups is 3. The summed E-state index contributed by atoms with van der Waals surface area (Å²) in [6, 6.07) is 0. The highest BCUT2D eigenvalue weighted by Gasteiger charge is 2.43. The van der Waals surface area contributed by atoms with E-state index in [1.54, 1.807) is 0 Å². The van der Waals surface area contributed by atoms with E-state index in [2.05, 4.69) is 19.2 Å². The zero-order valence-electron chi connectivity index (χ0n) is 19.9. The maximum absolute atomic E-state index is 12.0. The number of nitrogens with one attached hydrogen (secondary N) is 1. The van der Waals surface area contributed by atoms with E-state index in [-0.39, 0.29) is 30.6 Å². The van der Waals surface area contributed by atoms with E-state index in [9.17, 15) is 14.4 Å². The van der Waals surface area contributed by atoms with Crippen LogP contribution in [0.2, 0.25) is 0 Å². The van der Waals surface area contributed by atoms with Crippen LogP contribution >= 0.6 is 0 Å². The van der Waals surface area contributed by atoms with Gasteiger partial charge >= 0.3 is 11.9 Å². The topological polar surface area (TPSA) is 81.7 Å². The normalized spacial score (nSPS) is 18.7. The van der Waals surface area contributed by atoms with Crippen molar-refractivity contribution in [3.05, 3.63) is 0 Å². The Morgan fingerprint density at radius 3 is 2.13 bits per heavy atom. The van der Waals surface area contributed by atoms with Crippen LogP contribution in [0.1, 0.15) is 117 Å². The van der Waals surface area contributed by atoms with Crippen molar-refractivity contribution in [3.8, 4) is 0 Å². The maximum Gasteiger partial charge on any atom is 0.325 e. The number of esters is 2. The molecule has 6 heteroatoms. The number of amides is 1. The van der Waals surface area contributed by atoms with E-state index >= 15 is 0 Å². The zero-order valence-corrected chi connectivity index (χ0v) is 19.9. The van der Waals surface area contributed by atoms with Gasteiger partial charge in [-0.3, -0.25) is 14.4 Å².